The molecule has 0 aliphatic carbocycles. The minimum absolute atomic E-state index is 0.0324. The number of carbonyl (C=O) groups excluding carboxylic acids is 1. The van der Waals surface area contributed by atoms with Crippen molar-refractivity contribution in [3.05, 3.63) is 27.7 Å². The lowest BCUT2D eigenvalue weighted by Gasteiger charge is -2.13. The summed E-state index contributed by atoms with van der Waals surface area (Å²) in [5, 5.41) is 8.75. The fourth-order valence-corrected chi connectivity index (χ4v) is 1.75. The fraction of sp³-hybridized carbons (Fsp3) is 0.273. The van der Waals surface area contributed by atoms with Gasteiger partial charge in [-0.15, -0.1) is 13.2 Å². The van der Waals surface area contributed by atoms with E-state index in [2.05, 4.69) is 25.4 Å². The summed E-state index contributed by atoms with van der Waals surface area (Å²) in [5.74, 6) is -1.32. The predicted molar refractivity (Wildman–Crippen MR) is 61.3 cm³/mol. The third-order valence-electron chi connectivity index (χ3n) is 2.06. The average Bonchev–Trinajstić information content (AvgIpc) is 2.30. The Balaban J connectivity index is 3.23. The molecule has 0 aromatic heterocycles. The van der Waals surface area contributed by atoms with Crippen LogP contribution in [0.15, 0.2) is 16.6 Å². The first-order valence-electron chi connectivity index (χ1n) is 4.82. The average molecular weight is 338 g/mol. The Morgan fingerprint density at radius 1 is 1.47 bits per heavy atom. The summed E-state index contributed by atoms with van der Waals surface area (Å²) in [6.07, 6.45) is -5.31. The Bertz CT molecular complexity index is 537. The number of nitrogens with zero attached hydrogens (tertiary/aromatic N) is 1. The normalized spacial score (nSPS) is 10.7. The molecule has 0 spiro atoms. The van der Waals surface area contributed by atoms with Crippen molar-refractivity contribution in [1.29, 1.82) is 5.26 Å². The van der Waals surface area contributed by atoms with Gasteiger partial charge in [-0.2, -0.15) is 5.26 Å². The van der Waals surface area contributed by atoms with Crippen LogP contribution in [-0.4, -0.2) is 19.4 Å². The largest absolute Gasteiger partial charge is 0.573 e. The van der Waals surface area contributed by atoms with Crippen LogP contribution in [0.4, 0.5) is 13.2 Å². The Hall–Kier alpha value is -1.75. The van der Waals surface area contributed by atoms with Crippen LogP contribution in [0.1, 0.15) is 11.1 Å². The molecule has 0 atom stereocenters. The van der Waals surface area contributed by atoms with Crippen molar-refractivity contribution >= 4 is 21.9 Å². The molecule has 4 nitrogen and oxygen atoms in total. The van der Waals surface area contributed by atoms with Gasteiger partial charge in [-0.1, -0.05) is 0 Å². The van der Waals surface area contributed by atoms with Crippen molar-refractivity contribution in [2.45, 2.75) is 12.8 Å². The molecule has 0 saturated carbocycles. The van der Waals surface area contributed by atoms with Crippen LogP contribution in [0.3, 0.4) is 0 Å². The van der Waals surface area contributed by atoms with Crippen molar-refractivity contribution in [3.8, 4) is 11.8 Å². The highest BCUT2D eigenvalue weighted by Gasteiger charge is 2.32. The van der Waals surface area contributed by atoms with E-state index in [0.29, 0.717) is 0 Å². The molecule has 0 aliphatic rings. The van der Waals surface area contributed by atoms with Crippen LogP contribution in [-0.2, 0) is 16.0 Å². The standard InChI is InChI=1S/C11H7BrF3NO3/c1-18-10(17)4-6-2-8(12)7(5-16)3-9(6)19-11(13,14)15/h2-3H,4H2,1H3. The van der Waals surface area contributed by atoms with Gasteiger partial charge in [-0.05, 0) is 28.1 Å². The maximum absolute atomic E-state index is 12.2. The van der Waals surface area contributed by atoms with Crippen LogP contribution in [0, 0.1) is 11.3 Å². The highest BCUT2D eigenvalue weighted by molar-refractivity contribution is 9.10. The van der Waals surface area contributed by atoms with Gasteiger partial charge in [-0.25, -0.2) is 0 Å². The fourth-order valence-electron chi connectivity index (χ4n) is 1.27. The van der Waals surface area contributed by atoms with Crippen molar-refractivity contribution in [1.82, 2.24) is 0 Å². The van der Waals surface area contributed by atoms with E-state index in [1.165, 1.54) is 6.07 Å². The van der Waals surface area contributed by atoms with Crippen molar-refractivity contribution in [2.75, 3.05) is 7.11 Å². The quantitative estimate of drug-likeness (QED) is 0.795. The molecule has 0 radical (unpaired) electrons. The van der Waals surface area contributed by atoms with Gasteiger partial charge >= 0.3 is 12.3 Å². The van der Waals surface area contributed by atoms with Crippen LogP contribution in [0.5, 0.6) is 5.75 Å². The van der Waals surface area contributed by atoms with Gasteiger partial charge in [0.1, 0.15) is 11.8 Å². The third-order valence-corrected chi connectivity index (χ3v) is 2.71. The van der Waals surface area contributed by atoms with E-state index in [-0.39, 0.29) is 15.6 Å². The van der Waals surface area contributed by atoms with Gasteiger partial charge in [0.05, 0.1) is 19.1 Å². The van der Waals surface area contributed by atoms with E-state index in [1.807, 2.05) is 0 Å². The van der Waals surface area contributed by atoms with Crippen LogP contribution >= 0.6 is 15.9 Å². The summed E-state index contributed by atoms with van der Waals surface area (Å²) in [6.45, 7) is 0. The first kappa shape index (κ1) is 15.3. The molecule has 0 bridgehead atoms. The zero-order chi connectivity index (χ0) is 14.6. The van der Waals surface area contributed by atoms with E-state index < -0.39 is 24.5 Å². The Morgan fingerprint density at radius 2 is 2.11 bits per heavy atom. The number of rotatable bonds is 3. The maximum Gasteiger partial charge on any atom is 0.573 e. The van der Waals surface area contributed by atoms with Crippen LogP contribution < -0.4 is 4.74 Å². The number of carbonyl (C=O) groups is 1. The number of alkyl halides is 3. The Kier molecular flexibility index (Phi) is 4.78. The summed E-state index contributed by atoms with van der Waals surface area (Å²) < 4.78 is 45.2. The molecule has 102 valence electrons. The van der Waals surface area contributed by atoms with E-state index in [9.17, 15) is 18.0 Å². The van der Waals surface area contributed by atoms with E-state index in [0.717, 1.165) is 13.2 Å². The summed E-state index contributed by atoms with van der Waals surface area (Å²) >= 11 is 3.02. The van der Waals surface area contributed by atoms with E-state index in [4.69, 9.17) is 5.26 Å². The number of halogens is 4. The molecule has 1 rings (SSSR count). The molecule has 1 aromatic carbocycles. The molecule has 19 heavy (non-hydrogen) atoms. The topological polar surface area (TPSA) is 59.3 Å². The molecule has 0 amide bonds. The predicted octanol–water partition coefficient (Wildman–Crippen LogP) is 2.93. The number of nitriles is 1. The number of hydrogen-bond acceptors (Lipinski definition) is 4. The Morgan fingerprint density at radius 3 is 2.58 bits per heavy atom. The molecule has 8 heteroatoms. The summed E-state index contributed by atoms with van der Waals surface area (Å²) in [6, 6.07) is 3.84. The molecule has 0 heterocycles. The van der Waals surface area contributed by atoms with Gasteiger partial charge in [-0.3, -0.25) is 4.79 Å². The highest BCUT2D eigenvalue weighted by atomic mass is 79.9. The summed E-state index contributed by atoms with van der Waals surface area (Å²) in [5.41, 5.74) is -0.0667. The molecule has 0 saturated heterocycles. The minimum Gasteiger partial charge on any atom is -0.469 e. The molecule has 0 unspecified atom stereocenters. The molecular weight excluding hydrogens is 331 g/mol. The molecule has 1 aromatic rings. The summed E-state index contributed by atoms with van der Waals surface area (Å²) in [7, 11) is 1.12. The monoisotopic (exact) mass is 337 g/mol. The second-order valence-corrected chi connectivity index (χ2v) is 4.21. The summed E-state index contributed by atoms with van der Waals surface area (Å²) in [4.78, 5) is 11.1. The first-order chi connectivity index (χ1) is 8.76. The number of methoxy groups -OCH3 is 1. The second-order valence-electron chi connectivity index (χ2n) is 3.35. The Labute approximate surface area is 114 Å². The molecule has 0 fully saturated rings. The van der Waals surface area contributed by atoms with E-state index >= 15 is 0 Å². The van der Waals surface area contributed by atoms with Crippen LogP contribution in [0.2, 0.25) is 0 Å². The molecule has 0 aliphatic heterocycles. The third kappa shape index (κ3) is 4.44. The van der Waals surface area contributed by atoms with E-state index in [1.54, 1.807) is 6.07 Å². The zero-order valence-corrected chi connectivity index (χ0v) is 11.1. The van der Waals surface area contributed by atoms with Gasteiger partial charge in [0.2, 0.25) is 0 Å². The maximum atomic E-state index is 12.2. The lowest BCUT2D eigenvalue weighted by molar-refractivity contribution is -0.274. The first-order valence-corrected chi connectivity index (χ1v) is 5.61. The van der Waals surface area contributed by atoms with Crippen LogP contribution in [0.25, 0.3) is 0 Å². The molecular formula is C11H7BrF3NO3. The minimum atomic E-state index is -4.91. The number of esters is 1. The number of hydrogen-bond donors (Lipinski definition) is 0. The van der Waals surface area contributed by atoms with Gasteiger partial charge in [0.15, 0.2) is 0 Å². The lowest BCUT2D eigenvalue weighted by atomic mass is 10.1. The number of benzene rings is 1. The van der Waals surface area contributed by atoms with Crippen molar-refractivity contribution in [2.24, 2.45) is 0 Å². The van der Waals surface area contributed by atoms with Gasteiger partial charge < -0.3 is 9.47 Å². The lowest BCUT2D eigenvalue weighted by Crippen LogP contribution is -2.19. The smallest absolute Gasteiger partial charge is 0.469 e. The van der Waals surface area contributed by atoms with Gasteiger partial charge in [0.25, 0.3) is 0 Å². The van der Waals surface area contributed by atoms with Crippen molar-refractivity contribution in [3.63, 3.8) is 0 Å². The zero-order valence-electron chi connectivity index (χ0n) is 9.55. The van der Waals surface area contributed by atoms with Gasteiger partial charge in [0, 0.05) is 10.0 Å². The second kappa shape index (κ2) is 5.93. The van der Waals surface area contributed by atoms with Crippen molar-refractivity contribution < 1.29 is 27.4 Å². The molecule has 0 N–H and O–H groups in total. The highest BCUT2D eigenvalue weighted by Crippen LogP contribution is 2.31. The SMILES string of the molecule is COC(=O)Cc1cc(Br)c(C#N)cc1OC(F)(F)F. The number of ether oxygens (including phenoxy) is 2.